The van der Waals surface area contributed by atoms with Gasteiger partial charge < -0.3 is 5.32 Å². The van der Waals surface area contributed by atoms with Gasteiger partial charge in [0.1, 0.15) is 5.82 Å². The Morgan fingerprint density at radius 3 is 2.52 bits per heavy atom. The van der Waals surface area contributed by atoms with Gasteiger partial charge in [-0.15, -0.1) is 11.3 Å². The van der Waals surface area contributed by atoms with Gasteiger partial charge in [-0.1, -0.05) is 32.9 Å². The SMILES string of the molecule is CCc1ccc(CC(CNC(C)C)c2cccc(F)c2)s1. The van der Waals surface area contributed by atoms with Crippen LogP contribution in [0.5, 0.6) is 0 Å². The molecule has 1 atom stereocenters. The van der Waals surface area contributed by atoms with Gasteiger partial charge >= 0.3 is 0 Å². The van der Waals surface area contributed by atoms with Gasteiger partial charge in [-0.3, -0.25) is 0 Å². The van der Waals surface area contributed by atoms with Crippen molar-refractivity contribution in [3.63, 3.8) is 0 Å². The lowest BCUT2D eigenvalue weighted by molar-refractivity contribution is 0.525. The Balaban J connectivity index is 2.15. The largest absolute Gasteiger partial charge is 0.314 e. The van der Waals surface area contributed by atoms with Gasteiger partial charge in [0, 0.05) is 28.3 Å². The van der Waals surface area contributed by atoms with Crippen LogP contribution in [0.3, 0.4) is 0 Å². The molecule has 0 aliphatic heterocycles. The van der Waals surface area contributed by atoms with Crippen LogP contribution < -0.4 is 5.32 Å². The zero-order valence-electron chi connectivity index (χ0n) is 13.0. The van der Waals surface area contributed by atoms with Crippen molar-refractivity contribution in [2.75, 3.05) is 6.54 Å². The van der Waals surface area contributed by atoms with Crippen molar-refractivity contribution < 1.29 is 4.39 Å². The number of hydrogen-bond acceptors (Lipinski definition) is 2. The molecule has 1 unspecified atom stereocenters. The summed E-state index contributed by atoms with van der Waals surface area (Å²) in [6.45, 7) is 7.34. The molecule has 0 aliphatic carbocycles. The molecule has 0 spiro atoms. The first-order chi connectivity index (χ1) is 10.1. The number of benzene rings is 1. The first-order valence-electron chi connectivity index (χ1n) is 7.65. The minimum Gasteiger partial charge on any atom is -0.314 e. The van der Waals surface area contributed by atoms with E-state index in [1.165, 1.54) is 15.8 Å². The highest BCUT2D eigenvalue weighted by molar-refractivity contribution is 7.11. The van der Waals surface area contributed by atoms with Crippen molar-refractivity contribution in [1.82, 2.24) is 5.32 Å². The van der Waals surface area contributed by atoms with E-state index in [-0.39, 0.29) is 5.82 Å². The smallest absolute Gasteiger partial charge is 0.123 e. The number of nitrogens with one attached hydrogen (secondary N) is 1. The molecule has 1 N–H and O–H groups in total. The maximum Gasteiger partial charge on any atom is 0.123 e. The standard InChI is InChI=1S/C18H24FNS/c1-4-17-8-9-18(21-17)11-15(12-20-13(2)3)14-6-5-7-16(19)10-14/h5-10,13,15,20H,4,11-12H2,1-3H3. The summed E-state index contributed by atoms with van der Waals surface area (Å²) in [5, 5.41) is 3.49. The van der Waals surface area contributed by atoms with Crippen LogP contribution in [0.25, 0.3) is 0 Å². The van der Waals surface area contributed by atoms with Crippen molar-refractivity contribution in [1.29, 1.82) is 0 Å². The second kappa shape index (κ2) is 7.71. The molecule has 1 aromatic carbocycles. The van der Waals surface area contributed by atoms with Gasteiger partial charge in [-0.05, 0) is 42.7 Å². The average molecular weight is 305 g/mol. The highest BCUT2D eigenvalue weighted by Crippen LogP contribution is 2.26. The van der Waals surface area contributed by atoms with E-state index in [1.54, 1.807) is 12.1 Å². The molecular formula is C18H24FNS. The molecule has 0 saturated heterocycles. The predicted octanol–water partition coefficient (Wildman–Crippen LogP) is 4.77. The molecule has 2 rings (SSSR count). The number of rotatable bonds is 7. The fourth-order valence-electron chi connectivity index (χ4n) is 2.41. The Kier molecular flexibility index (Phi) is 5.95. The average Bonchev–Trinajstić information content (AvgIpc) is 2.91. The fraction of sp³-hybridized carbons (Fsp3) is 0.444. The normalized spacial score (nSPS) is 12.8. The van der Waals surface area contributed by atoms with Crippen molar-refractivity contribution in [3.8, 4) is 0 Å². The quantitative estimate of drug-likeness (QED) is 0.776. The maximum atomic E-state index is 13.5. The van der Waals surface area contributed by atoms with Gasteiger partial charge in [-0.25, -0.2) is 4.39 Å². The number of thiophene rings is 1. The lowest BCUT2D eigenvalue weighted by Gasteiger charge is -2.19. The molecule has 0 amide bonds. The molecule has 2 aromatic rings. The summed E-state index contributed by atoms with van der Waals surface area (Å²) in [6, 6.07) is 11.9. The summed E-state index contributed by atoms with van der Waals surface area (Å²) in [4.78, 5) is 2.80. The first kappa shape index (κ1) is 16.2. The van der Waals surface area contributed by atoms with Gasteiger partial charge in [0.05, 0.1) is 0 Å². The maximum absolute atomic E-state index is 13.5. The lowest BCUT2D eigenvalue weighted by atomic mass is 9.94. The highest BCUT2D eigenvalue weighted by atomic mass is 32.1. The molecule has 21 heavy (non-hydrogen) atoms. The van der Waals surface area contributed by atoms with Gasteiger partial charge in [0.15, 0.2) is 0 Å². The van der Waals surface area contributed by atoms with Crippen LogP contribution >= 0.6 is 11.3 Å². The van der Waals surface area contributed by atoms with Crippen molar-refractivity contribution >= 4 is 11.3 Å². The Bertz CT molecular complexity index is 562. The number of hydrogen-bond donors (Lipinski definition) is 1. The molecule has 0 bridgehead atoms. The Morgan fingerprint density at radius 1 is 1.14 bits per heavy atom. The van der Waals surface area contributed by atoms with Crippen LogP contribution in [0, 0.1) is 5.82 Å². The zero-order valence-corrected chi connectivity index (χ0v) is 13.8. The molecular weight excluding hydrogens is 281 g/mol. The molecule has 114 valence electrons. The van der Waals surface area contributed by atoms with Crippen LogP contribution in [0.15, 0.2) is 36.4 Å². The van der Waals surface area contributed by atoms with Gasteiger partial charge in [-0.2, -0.15) is 0 Å². The summed E-state index contributed by atoms with van der Waals surface area (Å²) in [5.74, 6) is 0.161. The summed E-state index contributed by atoms with van der Waals surface area (Å²) in [6.07, 6.45) is 2.05. The predicted molar refractivity (Wildman–Crippen MR) is 89.7 cm³/mol. The third-order valence-electron chi connectivity index (χ3n) is 3.61. The Labute approximate surface area is 131 Å². The third kappa shape index (κ3) is 4.94. The molecule has 1 aromatic heterocycles. The van der Waals surface area contributed by atoms with Crippen LogP contribution in [0.4, 0.5) is 4.39 Å². The minimum atomic E-state index is -0.150. The summed E-state index contributed by atoms with van der Waals surface area (Å²) < 4.78 is 13.5. The van der Waals surface area contributed by atoms with Crippen molar-refractivity contribution in [2.24, 2.45) is 0 Å². The van der Waals surface area contributed by atoms with E-state index in [1.807, 2.05) is 17.4 Å². The van der Waals surface area contributed by atoms with E-state index in [4.69, 9.17) is 0 Å². The Hall–Kier alpha value is -1.19. The van der Waals surface area contributed by atoms with Crippen LogP contribution in [-0.4, -0.2) is 12.6 Å². The van der Waals surface area contributed by atoms with Crippen molar-refractivity contribution in [2.45, 2.75) is 45.6 Å². The zero-order chi connectivity index (χ0) is 15.2. The fourth-order valence-corrected chi connectivity index (χ4v) is 3.45. The van der Waals surface area contributed by atoms with Crippen molar-refractivity contribution in [3.05, 3.63) is 57.5 Å². The van der Waals surface area contributed by atoms with E-state index in [0.717, 1.165) is 24.9 Å². The van der Waals surface area contributed by atoms with E-state index in [2.05, 4.69) is 38.2 Å². The number of halogens is 1. The summed E-state index contributed by atoms with van der Waals surface area (Å²) >= 11 is 1.87. The molecule has 0 radical (unpaired) electrons. The van der Waals surface area contributed by atoms with E-state index >= 15 is 0 Å². The molecule has 0 saturated carbocycles. The molecule has 3 heteroatoms. The van der Waals surface area contributed by atoms with Gasteiger partial charge in [0.25, 0.3) is 0 Å². The summed E-state index contributed by atoms with van der Waals surface area (Å²) in [5.41, 5.74) is 1.08. The minimum absolute atomic E-state index is 0.150. The molecule has 0 fully saturated rings. The molecule has 0 aliphatic rings. The van der Waals surface area contributed by atoms with E-state index in [0.29, 0.717) is 12.0 Å². The highest BCUT2D eigenvalue weighted by Gasteiger charge is 2.15. The van der Waals surface area contributed by atoms with Crippen LogP contribution in [-0.2, 0) is 12.8 Å². The second-order valence-corrected chi connectivity index (χ2v) is 6.99. The van der Waals surface area contributed by atoms with Crippen LogP contribution in [0.1, 0.15) is 42.0 Å². The Morgan fingerprint density at radius 2 is 1.90 bits per heavy atom. The summed E-state index contributed by atoms with van der Waals surface area (Å²) in [7, 11) is 0. The first-order valence-corrected chi connectivity index (χ1v) is 8.46. The second-order valence-electron chi connectivity index (χ2n) is 5.74. The van der Waals surface area contributed by atoms with Crippen LogP contribution in [0.2, 0.25) is 0 Å². The monoisotopic (exact) mass is 305 g/mol. The molecule has 1 heterocycles. The van der Waals surface area contributed by atoms with Gasteiger partial charge in [0.2, 0.25) is 0 Å². The number of aryl methyl sites for hydroxylation is 1. The lowest BCUT2D eigenvalue weighted by Crippen LogP contribution is -2.28. The van der Waals surface area contributed by atoms with E-state index < -0.39 is 0 Å². The topological polar surface area (TPSA) is 12.0 Å². The molecule has 1 nitrogen and oxygen atoms in total. The van der Waals surface area contributed by atoms with E-state index in [9.17, 15) is 4.39 Å². The third-order valence-corrected chi connectivity index (χ3v) is 4.86.